The first-order valence-corrected chi connectivity index (χ1v) is 8.48. The highest BCUT2D eigenvalue weighted by molar-refractivity contribution is 6.30. The first-order valence-electron chi connectivity index (χ1n) is 8.10. The second kappa shape index (κ2) is 7.51. The van der Waals surface area contributed by atoms with Gasteiger partial charge in [-0.3, -0.25) is 4.99 Å². The molecule has 3 rings (SSSR count). The normalized spacial score (nSPS) is 28.0. The summed E-state index contributed by atoms with van der Waals surface area (Å²) in [6.07, 6.45) is 4.10. The van der Waals surface area contributed by atoms with Gasteiger partial charge in [0.2, 0.25) is 0 Å². The number of guanidine groups is 1. The van der Waals surface area contributed by atoms with E-state index in [1.807, 2.05) is 24.3 Å². The van der Waals surface area contributed by atoms with E-state index in [1.54, 1.807) is 14.2 Å². The molecule has 23 heavy (non-hydrogen) atoms. The van der Waals surface area contributed by atoms with E-state index >= 15 is 0 Å². The molecule has 4 unspecified atom stereocenters. The van der Waals surface area contributed by atoms with Gasteiger partial charge in [-0.2, -0.15) is 0 Å². The highest BCUT2D eigenvalue weighted by Crippen LogP contribution is 2.34. The van der Waals surface area contributed by atoms with Crippen LogP contribution in [0.5, 0.6) is 0 Å². The van der Waals surface area contributed by atoms with Crippen LogP contribution in [0.2, 0.25) is 5.02 Å². The highest BCUT2D eigenvalue weighted by atomic mass is 35.5. The molecule has 0 aromatic heterocycles. The Morgan fingerprint density at radius 3 is 2.74 bits per heavy atom. The molecule has 2 aliphatic rings. The first-order chi connectivity index (χ1) is 11.2. The largest absolute Gasteiger partial charge is 0.375 e. The Hall–Kier alpha value is -1.30. The van der Waals surface area contributed by atoms with Crippen LogP contribution in [0.25, 0.3) is 0 Å². The van der Waals surface area contributed by atoms with Crippen LogP contribution in [-0.2, 0) is 9.47 Å². The van der Waals surface area contributed by atoms with Gasteiger partial charge in [0.1, 0.15) is 0 Å². The van der Waals surface area contributed by atoms with Gasteiger partial charge in [0, 0.05) is 25.7 Å². The average Bonchev–Trinajstić information content (AvgIpc) is 3.18. The molecule has 1 aromatic rings. The molecule has 0 amide bonds. The zero-order valence-electron chi connectivity index (χ0n) is 13.6. The number of rotatable bonds is 5. The molecule has 0 radical (unpaired) electrons. The Kier molecular flexibility index (Phi) is 5.41. The summed E-state index contributed by atoms with van der Waals surface area (Å²) in [7, 11) is 3.49. The Bertz CT molecular complexity index is 549. The van der Waals surface area contributed by atoms with Gasteiger partial charge in [-0.1, -0.05) is 23.7 Å². The molecule has 2 N–H and O–H groups in total. The quantitative estimate of drug-likeness (QED) is 0.640. The molecule has 0 aliphatic carbocycles. The molecule has 6 heteroatoms. The number of aliphatic imine (C=N–C) groups is 1. The smallest absolute Gasteiger partial charge is 0.191 e. The second-order valence-electron chi connectivity index (χ2n) is 6.09. The summed E-state index contributed by atoms with van der Waals surface area (Å²) in [5.41, 5.74) is 1.09. The zero-order valence-corrected chi connectivity index (χ0v) is 14.3. The van der Waals surface area contributed by atoms with Gasteiger partial charge >= 0.3 is 0 Å². The first kappa shape index (κ1) is 16.6. The Morgan fingerprint density at radius 1 is 1.39 bits per heavy atom. The number of nitrogens with one attached hydrogen (secondary N) is 2. The maximum Gasteiger partial charge on any atom is 0.191 e. The highest BCUT2D eigenvalue weighted by Gasteiger charge is 2.41. The van der Waals surface area contributed by atoms with E-state index < -0.39 is 0 Å². The number of methoxy groups -OCH3 is 1. The minimum atomic E-state index is -0.0536. The van der Waals surface area contributed by atoms with E-state index in [0.717, 1.165) is 29.4 Å². The third-order valence-electron chi connectivity index (χ3n) is 4.63. The second-order valence-corrected chi connectivity index (χ2v) is 6.53. The van der Waals surface area contributed by atoms with Crippen LogP contribution in [0, 0.1) is 0 Å². The topological polar surface area (TPSA) is 54.9 Å². The molecule has 1 aromatic carbocycles. The lowest BCUT2D eigenvalue weighted by Gasteiger charge is -2.24. The van der Waals surface area contributed by atoms with Crippen LogP contribution < -0.4 is 10.6 Å². The lowest BCUT2D eigenvalue weighted by Crippen LogP contribution is -2.48. The number of benzene rings is 1. The van der Waals surface area contributed by atoms with Crippen molar-refractivity contribution in [3.8, 4) is 0 Å². The standard InChI is InChI=1S/C17H24ClN3O2/c1-19-17(21-14-9-13-7-8-15(14)23-13)20-10-16(22-2)11-3-5-12(18)6-4-11/h3-6,13-16H,7-10H2,1-2H3,(H2,19,20,21). The number of hydrogen-bond acceptors (Lipinski definition) is 3. The van der Waals surface area contributed by atoms with Crippen molar-refractivity contribution in [3.63, 3.8) is 0 Å². The fraction of sp³-hybridized carbons (Fsp3) is 0.588. The summed E-state index contributed by atoms with van der Waals surface area (Å²) in [5.74, 6) is 0.794. The molecule has 2 saturated heterocycles. The minimum absolute atomic E-state index is 0.0536. The molecule has 2 aliphatic heterocycles. The summed E-state index contributed by atoms with van der Waals surface area (Å²) in [4.78, 5) is 4.31. The molecular formula is C17H24ClN3O2. The SMILES string of the molecule is CN=C(NCC(OC)c1ccc(Cl)cc1)NC1CC2CCC1O2. The molecule has 0 saturated carbocycles. The van der Waals surface area contributed by atoms with Crippen LogP contribution in [0.3, 0.4) is 0 Å². The van der Waals surface area contributed by atoms with Crippen molar-refractivity contribution in [2.45, 2.75) is 43.6 Å². The third-order valence-corrected chi connectivity index (χ3v) is 4.88. The van der Waals surface area contributed by atoms with Crippen molar-refractivity contribution in [1.82, 2.24) is 10.6 Å². The fourth-order valence-corrected chi connectivity index (χ4v) is 3.49. The monoisotopic (exact) mass is 337 g/mol. The van der Waals surface area contributed by atoms with Crippen LogP contribution in [-0.4, -0.2) is 44.9 Å². The van der Waals surface area contributed by atoms with E-state index in [4.69, 9.17) is 21.1 Å². The lowest BCUT2D eigenvalue weighted by atomic mass is 9.96. The molecule has 2 bridgehead atoms. The van der Waals surface area contributed by atoms with Crippen LogP contribution in [0.1, 0.15) is 30.9 Å². The van der Waals surface area contributed by atoms with Crippen LogP contribution >= 0.6 is 11.6 Å². The fourth-order valence-electron chi connectivity index (χ4n) is 3.36. The van der Waals surface area contributed by atoms with Crippen molar-refractivity contribution in [3.05, 3.63) is 34.9 Å². The molecular weight excluding hydrogens is 314 g/mol. The van der Waals surface area contributed by atoms with Crippen molar-refractivity contribution in [2.24, 2.45) is 4.99 Å². The zero-order chi connectivity index (χ0) is 16.2. The third kappa shape index (κ3) is 3.97. The summed E-state index contributed by atoms with van der Waals surface area (Å²) < 4.78 is 11.5. The maximum atomic E-state index is 5.94. The van der Waals surface area contributed by atoms with Crippen molar-refractivity contribution in [1.29, 1.82) is 0 Å². The summed E-state index contributed by atoms with van der Waals surface area (Å²) >= 11 is 5.94. The van der Waals surface area contributed by atoms with E-state index in [9.17, 15) is 0 Å². The lowest BCUT2D eigenvalue weighted by molar-refractivity contribution is 0.0987. The number of fused-ring (bicyclic) bond motifs is 2. The summed E-state index contributed by atoms with van der Waals surface area (Å²) in [6, 6.07) is 8.08. The molecule has 2 fully saturated rings. The maximum absolute atomic E-state index is 5.94. The average molecular weight is 338 g/mol. The van der Waals surface area contributed by atoms with E-state index in [2.05, 4.69) is 15.6 Å². The molecule has 4 atom stereocenters. The van der Waals surface area contributed by atoms with Gasteiger partial charge in [0.15, 0.2) is 5.96 Å². The number of hydrogen-bond donors (Lipinski definition) is 2. The van der Waals surface area contributed by atoms with Gasteiger partial charge in [0.05, 0.1) is 24.4 Å². The van der Waals surface area contributed by atoms with Gasteiger partial charge in [0.25, 0.3) is 0 Å². The molecule has 2 heterocycles. The summed E-state index contributed by atoms with van der Waals surface area (Å²) in [5, 5.41) is 7.55. The molecule has 0 spiro atoms. The van der Waals surface area contributed by atoms with Gasteiger partial charge < -0.3 is 20.1 Å². The van der Waals surface area contributed by atoms with Gasteiger partial charge in [-0.15, -0.1) is 0 Å². The Morgan fingerprint density at radius 2 is 2.17 bits per heavy atom. The number of halogens is 1. The minimum Gasteiger partial charge on any atom is -0.375 e. The van der Waals surface area contributed by atoms with Crippen molar-refractivity contribution >= 4 is 17.6 Å². The van der Waals surface area contributed by atoms with E-state index in [0.29, 0.717) is 24.8 Å². The van der Waals surface area contributed by atoms with E-state index in [1.165, 1.54) is 6.42 Å². The molecule has 5 nitrogen and oxygen atoms in total. The predicted octanol–water partition coefficient (Wildman–Crippen LogP) is 2.51. The summed E-state index contributed by atoms with van der Waals surface area (Å²) in [6.45, 7) is 0.638. The van der Waals surface area contributed by atoms with Gasteiger partial charge in [-0.25, -0.2) is 0 Å². The number of ether oxygens (including phenoxy) is 2. The predicted molar refractivity (Wildman–Crippen MR) is 92.0 cm³/mol. The van der Waals surface area contributed by atoms with Crippen molar-refractivity contribution in [2.75, 3.05) is 20.7 Å². The number of nitrogens with zero attached hydrogens (tertiary/aromatic N) is 1. The Balaban J connectivity index is 1.53. The van der Waals surface area contributed by atoms with Crippen molar-refractivity contribution < 1.29 is 9.47 Å². The van der Waals surface area contributed by atoms with Crippen LogP contribution in [0.4, 0.5) is 0 Å². The van der Waals surface area contributed by atoms with Gasteiger partial charge in [-0.05, 0) is 37.0 Å². The molecule has 126 valence electrons. The van der Waals surface area contributed by atoms with E-state index in [-0.39, 0.29) is 6.10 Å². The Labute approximate surface area is 142 Å². The van der Waals surface area contributed by atoms with Crippen LogP contribution in [0.15, 0.2) is 29.3 Å².